The summed E-state index contributed by atoms with van der Waals surface area (Å²) >= 11 is 6.05. The third-order valence-corrected chi connectivity index (χ3v) is 5.11. The van der Waals surface area contributed by atoms with E-state index < -0.39 is 0 Å². The number of benzene rings is 1. The molecule has 2 N–H and O–H groups in total. The fourth-order valence-corrected chi connectivity index (χ4v) is 3.45. The molecule has 0 bridgehead atoms. The highest BCUT2D eigenvalue weighted by Gasteiger charge is 2.22. The van der Waals surface area contributed by atoms with Gasteiger partial charge in [0.1, 0.15) is 6.54 Å². The predicted molar refractivity (Wildman–Crippen MR) is 128 cm³/mol. The monoisotopic (exact) mass is 521 g/mol. The Labute approximate surface area is 191 Å². The van der Waals surface area contributed by atoms with E-state index in [9.17, 15) is 4.79 Å². The molecule has 0 aliphatic carbocycles. The molecule has 1 fully saturated rings. The molecule has 1 aromatic rings. The number of rotatable bonds is 8. The number of amides is 1. The van der Waals surface area contributed by atoms with Crippen LogP contribution in [0.15, 0.2) is 29.3 Å². The molecule has 1 unspecified atom stereocenters. The third kappa shape index (κ3) is 8.53. The molecular formula is C20H33ClIN5O. The summed E-state index contributed by atoms with van der Waals surface area (Å²) in [5.74, 6) is 0.678. The van der Waals surface area contributed by atoms with Gasteiger partial charge in [-0.15, -0.1) is 24.0 Å². The second kappa shape index (κ2) is 13.2. The average Bonchev–Trinajstić information content (AvgIpc) is 3.10. The molecule has 0 radical (unpaired) electrons. The molecule has 6 nitrogen and oxygen atoms in total. The van der Waals surface area contributed by atoms with Crippen LogP contribution >= 0.6 is 35.6 Å². The predicted octanol–water partition coefficient (Wildman–Crippen LogP) is 2.61. The third-order valence-electron chi connectivity index (χ3n) is 4.88. The Hall–Kier alpha value is -1.06. The maximum Gasteiger partial charge on any atom is 0.243 e. The van der Waals surface area contributed by atoms with Crippen molar-refractivity contribution in [2.45, 2.75) is 32.2 Å². The van der Waals surface area contributed by atoms with Gasteiger partial charge in [0.25, 0.3) is 0 Å². The standard InChI is InChI=1S/C20H32ClN5O.HI/c1-4-26-12-6-9-18(26)14-23-20(24-15-19(27)25(2)3)22-11-10-16-7-5-8-17(21)13-16;/h5,7-8,13,18H,4,6,9-12,14-15H2,1-3H3,(H2,22,23,24);1H. The van der Waals surface area contributed by atoms with E-state index in [-0.39, 0.29) is 36.4 Å². The fraction of sp³-hybridized carbons (Fsp3) is 0.600. The first-order valence-corrected chi connectivity index (χ1v) is 10.1. The maximum atomic E-state index is 11.9. The van der Waals surface area contributed by atoms with Crippen molar-refractivity contribution >= 4 is 47.4 Å². The van der Waals surface area contributed by atoms with Crippen molar-refractivity contribution in [1.29, 1.82) is 0 Å². The van der Waals surface area contributed by atoms with Gasteiger partial charge in [-0.3, -0.25) is 9.69 Å². The van der Waals surface area contributed by atoms with Gasteiger partial charge >= 0.3 is 0 Å². The lowest BCUT2D eigenvalue weighted by Crippen LogP contribution is -2.45. The molecule has 1 amide bonds. The summed E-state index contributed by atoms with van der Waals surface area (Å²) in [7, 11) is 3.49. The fourth-order valence-electron chi connectivity index (χ4n) is 3.24. The number of hydrogen-bond acceptors (Lipinski definition) is 3. The van der Waals surface area contributed by atoms with E-state index >= 15 is 0 Å². The SMILES string of the molecule is CCN1CCCC1CNC(=NCC(=O)N(C)C)NCCc1cccc(Cl)c1.I. The van der Waals surface area contributed by atoms with Gasteiger partial charge in [0.05, 0.1) is 0 Å². The van der Waals surface area contributed by atoms with Crippen molar-refractivity contribution in [2.75, 3.05) is 46.8 Å². The molecular weight excluding hydrogens is 489 g/mol. The van der Waals surface area contributed by atoms with Crippen molar-refractivity contribution in [3.05, 3.63) is 34.9 Å². The van der Waals surface area contributed by atoms with Crippen molar-refractivity contribution in [1.82, 2.24) is 20.4 Å². The molecule has 8 heteroatoms. The highest BCUT2D eigenvalue weighted by Crippen LogP contribution is 2.15. The highest BCUT2D eigenvalue weighted by molar-refractivity contribution is 14.0. The van der Waals surface area contributed by atoms with Crippen LogP contribution in [-0.2, 0) is 11.2 Å². The molecule has 2 rings (SSSR count). The molecule has 0 saturated carbocycles. The topological polar surface area (TPSA) is 60.0 Å². The van der Waals surface area contributed by atoms with Crippen LogP contribution in [0.1, 0.15) is 25.3 Å². The van der Waals surface area contributed by atoms with Gasteiger partial charge in [0.2, 0.25) is 5.91 Å². The zero-order valence-corrected chi connectivity index (χ0v) is 20.2. The molecule has 1 aromatic carbocycles. The summed E-state index contributed by atoms with van der Waals surface area (Å²) in [6.45, 7) is 6.14. The van der Waals surface area contributed by atoms with E-state index in [0.29, 0.717) is 12.0 Å². The summed E-state index contributed by atoms with van der Waals surface area (Å²) < 4.78 is 0. The lowest BCUT2D eigenvalue weighted by atomic mass is 10.1. The van der Waals surface area contributed by atoms with Gasteiger partial charge in [-0.05, 0) is 50.0 Å². The van der Waals surface area contributed by atoms with E-state index in [1.54, 1.807) is 19.0 Å². The Balaban J connectivity index is 0.00000392. The number of likely N-dealkylation sites (tertiary alicyclic amines) is 1. The van der Waals surface area contributed by atoms with Gasteiger partial charge in [0, 0.05) is 38.2 Å². The number of carbonyl (C=O) groups is 1. The Bertz CT molecular complexity index is 641. The Morgan fingerprint density at radius 1 is 1.36 bits per heavy atom. The summed E-state index contributed by atoms with van der Waals surface area (Å²) in [5.41, 5.74) is 1.17. The van der Waals surface area contributed by atoms with Crippen LogP contribution in [0.2, 0.25) is 5.02 Å². The molecule has 1 saturated heterocycles. The minimum absolute atomic E-state index is 0. The summed E-state index contributed by atoms with van der Waals surface area (Å²) in [4.78, 5) is 20.4. The zero-order chi connectivity index (χ0) is 19.6. The van der Waals surface area contributed by atoms with Crippen molar-refractivity contribution in [2.24, 2.45) is 4.99 Å². The number of aliphatic imine (C=N–C) groups is 1. The molecule has 0 spiro atoms. The van der Waals surface area contributed by atoms with Crippen LogP contribution in [0.3, 0.4) is 0 Å². The Morgan fingerprint density at radius 3 is 2.82 bits per heavy atom. The molecule has 1 aliphatic heterocycles. The first-order valence-electron chi connectivity index (χ1n) is 9.70. The van der Waals surface area contributed by atoms with Crippen molar-refractivity contribution in [3.8, 4) is 0 Å². The van der Waals surface area contributed by atoms with Crippen LogP contribution in [0.4, 0.5) is 0 Å². The van der Waals surface area contributed by atoms with E-state index in [2.05, 4.69) is 33.5 Å². The van der Waals surface area contributed by atoms with Gasteiger partial charge in [-0.25, -0.2) is 4.99 Å². The van der Waals surface area contributed by atoms with Crippen LogP contribution in [-0.4, -0.2) is 74.5 Å². The van der Waals surface area contributed by atoms with Crippen LogP contribution in [0.5, 0.6) is 0 Å². The molecule has 28 heavy (non-hydrogen) atoms. The lowest BCUT2D eigenvalue weighted by molar-refractivity contribution is -0.127. The molecule has 1 aliphatic rings. The number of likely N-dealkylation sites (N-methyl/N-ethyl adjacent to an activating group) is 2. The van der Waals surface area contributed by atoms with Gasteiger partial charge < -0.3 is 15.5 Å². The van der Waals surface area contributed by atoms with E-state index in [0.717, 1.165) is 37.6 Å². The molecule has 0 aromatic heterocycles. The number of hydrogen-bond donors (Lipinski definition) is 2. The molecule has 1 heterocycles. The van der Waals surface area contributed by atoms with Gasteiger partial charge in [-0.2, -0.15) is 0 Å². The van der Waals surface area contributed by atoms with Gasteiger partial charge in [-0.1, -0.05) is 30.7 Å². The maximum absolute atomic E-state index is 11.9. The number of halogens is 2. The number of nitrogens with one attached hydrogen (secondary N) is 2. The first-order chi connectivity index (χ1) is 13.0. The van der Waals surface area contributed by atoms with E-state index in [1.807, 2.05) is 18.2 Å². The quantitative estimate of drug-likeness (QED) is 0.314. The van der Waals surface area contributed by atoms with E-state index in [1.165, 1.54) is 18.4 Å². The number of guanidine groups is 1. The average molecular weight is 522 g/mol. The van der Waals surface area contributed by atoms with Crippen molar-refractivity contribution < 1.29 is 4.79 Å². The minimum Gasteiger partial charge on any atom is -0.356 e. The number of nitrogens with zero attached hydrogens (tertiary/aromatic N) is 3. The normalized spacial score (nSPS) is 17.1. The Kier molecular flexibility index (Phi) is 11.8. The first kappa shape index (κ1) is 25.0. The highest BCUT2D eigenvalue weighted by atomic mass is 127. The summed E-state index contributed by atoms with van der Waals surface area (Å²) in [6.07, 6.45) is 3.29. The Morgan fingerprint density at radius 2 is 2.14 bits per heavy atom. The lowest BCUT2D eigenvalue weighted by Gasteiger charge is -2.24. The summed E-state index contributed by atoms with van der Waals surface area (Å²) in [6, 6.07) is 8.40. The second-order valence-corrected chi connectivity index (χ2v) is 7.50. The number of carbonyl (C=O) groups excluding carboxylic acids is 1. The molecule has 1 atom stereocenters. The van der Waals surface area contributed by atoms with Gasteiger partial charge in [0.15, 0.2) is 5.96 Å². The molecule has 158 valence electrons. The largest absolute Gasteiger partial charge is 0.356 e. The van der Waals surface area contributed by atoms with Crippen LogP contribution in [0.25, 0.3) is 0 Å². The smallest absolute Gasteiger partial charge is 0.243 e. The minimum atomic E-state index is -0.0120. The van der Waals surface area contributed by atoms with Crippen LogP contribution in [0, 0.1) is 0 Å². The van der Waals surface area contributed by atoms with E-state index in [4.69, 9.17) is 11.6 Å². The summed E-state index contributed by atoms with van der Waals surface area (Å²) in [5, 5.41) is 7.51. The zero-order valence-electron chi connectivity index (χ0n) is 17.1. The van der Waals surface area contributed by atoms with Crippen LogP contribution < -0.4 is 10.6 Å². The van der Waals surface area contributed by atoms with Crippen molar-refractivity contribution in [3.63, 3.8) is 0 Å². The second-order valence-electron chi connectivity index (χ2n) is 7.07.